The number of carboxylic acids is 1. The number of hydrogen-bond acceptors (Lipinski definition) is 1. The van der Waals surface area contributed by atoms with Crippen molar-refractivity contribution in [3.05, 3.63) is 59.7 Å². The fraction of sp³-hybridized carbons (Fsp3) is 0.409. The number of aromatic carboxylic acids is 1. The lowest BCUT2D eigenvalue weighted by molar-refractivity contribution is 0.0697. The van der Waals surface area contributed by atoms with Crippen molar-refractivity contribution in [3.8, 4) is 11.8 Å². The maximum Gasteiger partial charge on any atom is 0.335 e. The first kappa shape index (κ1) is 18.1. The predicted octanol–water partition coefficient (Wildman–Crippen LogP) is 5.17. The lowest BCUT2D eigenvalue weighted by Crippen LogP contribution is -2.38. The van der Waals surface area contributed by atoms with Crippen LogP contribution < -0.4 is 0 Å². The molecule has 0 saturated heterocycles. The number of rotatable bonds is 2. The third-order valence-electron chi connectivity index (χ3n) is 5.23. The van der Waals surface area contributed by atoms with Gasteiger partial charge in [0.05, 0.1) is 5.56 Å². The Kier molecular flexibility index (Phi) is 5.04. The molecule has 0 bridgehead atoms. The molecular weight excluding hydrogens is 296 g/mol. The maximum atomic E-state index is 11.0. The molecule has 0 radical (unpaired) electrons. The molecule has 2 nitrogen and oxygen atoms in total. The van der Waals surface area contributed by atoms with E-state index in [1.165, 1.54) is 0 Å². The van der Waals surface area contributed by atoms with Crippen LogP contribution in [0.4, 0.5) is 0 Å². The molecule has 0 amide bonds. The van der Waals surface area contributed by atoms with Crippen LogP contribution in [0.15, 0.2) is 48.6 Å². The zero-order chi connectivity index (χ0) is 18.0. The fourth-order valence-electron chi connectivity index (χ4n) is 3.22. The van der Waals surface area contributed by atoms with Crippen molar-refractivity contribution in [2.75, 3.05) is 0 Å². The summed E-state index contributed by atoms with van der Waals surface area (Å²) < 4.78 is 0. The summed E-state index contributed by atoms with van der Waals surface area (Å²) in [5, 5.41) is 9.02. The van der Waals surface area contributed by atoms with Gasteiger partial charge in [-0.15, -0.1) is 0 Å². The molecule has 0 aliphatic heterocycles. The van der Waals surface area contributed by atoms with Crippen molar-refractivity contribution < 1.29 is 9.90 Å². The van der Waals surface area contributed by atoms with Gasteiger partial charge in [-0.25, -0.2) is 4.79 Å². The smallest absolute Gasteiger partial charge is 0.335 e. The first-order valence-corrected chi connectivity index (χ1v) is 8.35. The van der Waals surface area contributed by atoms with Crippen LogP contribution in [0.5, 0.6) is 0 Å². The van der Waals surface area contributed by atoms with E-state index in [0.717, 1.165) is 5.56 Å². The van der Waals surface area contributed by atoms with E-state index in [1.807, 2.05) is 12.1 Å². The molecule has 126 valence electrons. The van der Waals surface area contributed by atoms with E-state index >= 15 is 0 Å². The average Bonchev–Trinajstić information content (AvgIpc) is 2.51. The Morgan fingerprint density at radius 1 is 1.17 bits per heavy atom. The van der Waals surface area contributed by atoms with Crippen molar-refractivity contribution >= 4 is 5.97 Å². The quantitative estimate of drug-likeness (QED) is 0.602. The van der Waals surface area contributed by atoms with Gasteiger partial charge in [0.15, 0.2) is 0 Å². The van der Waals surface area contributed by atoms with E-state index in [0.29, 0.717) is 11.8 Å². The first-order valence-electron chi connectivity index (χ1n) is 8.35. The van der Waals surface area contributed by atoms with Gasteiger partial charge >= 0.3 is 5.97 Å². The van der Waals surface area contributed by atoms with Gasteiger partial charge in [0.2, 0.25) is 0 Å². The molecule has 1 aromatic carbocycles. The van der Waals surface area contributed by atoms with E-state index in [4.69, 9.17) is 5.11 Å². The molecular formula is C22H26O2. The van der Waals surface area contributed by atoms with Crippen LogP contribution in [0.3, 0.4) is 0 Å². The molecule has 1 aromatic rings. The molecule has 0 aromatic heterocycles. The second-order valence-electron chi connectivity index (χ2n) is 7.80. The summed E-state index contributed by atoms with van der Waals surface area (Å²) in [5.41, 5.74) is 1.26. The Labute approximate surface area is 145 Å². The van der Waals surface area contributed by atoms with Gasteiger partial charge < -0.3 is 5.11 Å². The standard InChI is InChI=1S/C22H26O2/c1-16-19(22(4,5)14-13-21(16,2)3)12-7-6-9-17-10-8-11-18(15-17)20(23)24/h7-8,10-16,19H,1-5H3,(H,23,24). The van der Waals surface area contributed by atoms with E-state index in [1.54, 1.807) is 18.2 Å². The fourth-order valence-corrected chi connectivity index (χ4v) is 3.22. The van der Waals surface area contributed by atoms with Crippen molar-refractivity contribution in [2.45, 2.75) is 34.6 Å². The number of allylic oxidation sites excluding steroid dienone is 4. The van der Waals surface area contributed by atoms with Crippen molar-refractivity contribution in [1.82, 2.24) is 0 Å². The van der Waals surface area contributed by atoms with Gasteiger partial charge in [-0.3, -0.25) is 0 Å². The summed E-state index contributed by atoms with van der Waals surface area (Å²) in [7, 11) is 0. The average molecular weight is 322 g/mol. The molecule has 1 N–H and O–H groups in total. The monoisotopic (exact) mass is 322 g/mol. The van der Waals surface area contributed by atoms with Crippen LogP contribution in [-0.4, -0.2) is 11.1 Å². The molecule has 24 heavy (non-hydrogen) atoms. The highest BCUT2D eigenvalue weighted by Crippen LogP contribution is 2.48. The number of carbonyl (C=O) groups is 1. The van der Waals surface area contributed by atoms with E-state index < -0.39 is 5.97 Å². The van der Waals surface area contributed by atoms with Crippen LogP contribution in [0.1, 0.15) is 50.5 Å². The molecule has 1 aliphatic carbocycles. The largest absolute Gasteiger partial charge is 0.478 e. The second-order valence-corrected chi connectivity index (χ2v) is 7.80. The minimum absolute atomic E-state index is 0.107. The third-order valence-corrected chi connectivity index (χ3v) is 5.23. The Morgan fingerprint density at radius 2 is 1.83 bits per heavy atom. The van der Waals surface area contributed by atoms with E-state index in [2.05, 4.69) is 64.7 Å². The lowest BCUT2D eigenvalue weighted by Gasteiger charge is -2.45. The summed E-state index contributed by atoms with van der Waals surface area (Å²) in [4.78, 5) is 11.0. The highest BCUT2D eigenvalue weighted by Gasteiger charge is 2.40. The zero-order valence-corrected chi connectivity index (χ0v) is 15.1. The van der Waals surface area contributed by atoms with Crippen LogP contribution in [-0.2, 0) is 0 Å². The first-order chi connectivity index (χ1) is 11.1. The van der Waals surface area contributed by atoms with Gasteiger partial charge in [0, 0.05) is 5.56 Å². The molecule has 0 saturated carbocycles. The maximum absolute atomic E-state index is 11.0. The van der Waals surface area contributed by atoms with Gasteiger partial charge in [-0.05, 0) is 46.9 Å². The second kappa shape index (κ2) is 6.69. The number of carboxylic acid groups (broad SMARTS) is 1. The molecule has 2 unspecified atom stereocenters. The minimum atomic E-state index is -0.930. The van der Waals surface area contributed by atoms with E-state index in [-0.39, 0.29) is 16.4 Å². The Bertz CT molecular complexity index is 739. The highest BCUT2D eigenvalue weighted by atomic mass is 16.4. The van der Waals surface area contributed by atoms with Gasteiger partial charge in [-0.1, -0.05) is 70.8 Å². The summed E-state index contributed by atoms with van der Waals surface area (Å²) in [5.74, 6) is 6.08. The van der Waals surface area contributed by atoms with Crippen LogP contribution in [0.25, 0.3) is 0 Å². The zero-order valence-electron chi connectivity index (χ0n) is 15.1. The molecule has 2 rings (SSSR count). The normalized spacial score (nSPS) is 24.4. The van der Waals surface area contributed by atoms with Gasteiger partial charge in [0.25, 0.3) is 0 Å². The molecule has 0 fully saturated rings. The van der Waals surface area contributed by atoms with Crippen molar-refractivity contribution in [3.63, 3.8) is 0 Å². The predicted molar refractivity (Wildman–Crippen MR) is 98.8 cm³/mol. The Balaban J connectivity index is 2.19. The van der Waals surface area contributed by atoms with Crippen molar-refractivity contribution in [1.29, 1.82) is 0 Å². The van der Waals surface area contributed by atoms with Crippen LogP contribution in [0, 0.1) is 34.5 Å². The van der Waals surface area contributed by atoms with Gasteiger partial charge in [0.1, 0.15) is 0 Å². The topological polar surface area (TPSA) is 37.3 Å². The molecule has 1 aliphatic rings. The van der Waals surface area contributed by atoms with Gasteiger partial charge in [-0.2, -0.15) is 0 Å². The summed E-state index contributed by atoms with van der Waals surface area (Å²) in [6, 6.07) is 6.72. The molecule has 0 heterocycles. The van der Waals surface area contributed by atoms with E-state index in [9.17, 15) is 4.79 Å². The van der Waals surface area contributed by atoms with Crippen molar-refractivity contribution in [2.24, 2.45) is 22.7 Å². The Hall–Kier alpha value is -2.27. The third kappa shape index (κ3) is 3.97. The lowest BCUT2D eigenvalue weighted by atomic mass is 9.59. The van der Waals surface area contributed by atoms with Crippen LogP contribution in [0.2, 0.25) is 0 Å². The SMILES string of the molecule is CC1C(C=CC#Cc2cccc(C(=O)O)c2)C(C)(C)C=CC1(C)C. The number of hydrogen-bond donors (Lipinski definition) is 1. The summed E-state index contributed by atoms with van der Waals surface area (Å²) in [6.07, 6.45) is 8.74. The number of benzene rings is 1. The van der Waals surface area contributed by atoms with Crippen LogP contribution >= 0.6 is 0 Å². The molecule has 2 atom stereocenters. The molecule has 2 heteroatoms. The minimum Gasteiger partial charge on any atom is -0.478 e. The molecule has 0 spiro atoms. The highest BCUT2D eigenvalue weighted by molar-refractivity contribution is 5.88. The summed E-state index contributed by atoms with van der Waals surface area (Å²) in [6.45, 7) is 11.4. The Morgan fingerprint density at radius 3 is 2.50 bits per heavy atom. The summed E-state index contributed by atoms with van der Waals surface area (Å²) >= 11 is 0.